The van der Waals surface area contributed by atoms with Crippen LogP contribution in [0.2, 0.25) is 0 Å². The first-order valence-electron chi connectivity index (χ1n) is 8.65. The van der Waals surface area contributed by atoms with E-state index in [0.717, 1.165) is 16.9 Å². The van der Waals surface area contributed by atoms with Gasteiger partial charge in [-0.15, -0.1) is 0 Å². The number of aliphatic imine (C=N–C) groups is 1. The summed E-state index contributed by atoms with van der Waals surface area (Å²) in [5.41, 5.74) is 3.45. The first kappa shape index (κ1) is 16.7. The normalized spacial score (nSPS) is 11.1. The van der Waals surface area contributed by atoms with Crippen molar-refractivity contribution >= 4 is 29.1 Å². The molecular weight excluding hydrogens is 336 g/mol. The maximum atomic E-state index is 13.1. The Kier molecular flexibility index (Phi) is 4.49. The lowest BCUT2D eigenvalue weighted by atomic mass is 10.2. The van der Waals surface area contributed by atoms with Gasteiger partial charge in [-0.1, -0.05) is 42.5 Å². The standard InChI is InChI=1S/C22H18N4O/c1-16-12-13-20-25-21(24-18-10-6-3-7-11-18)19(22(27)26(20)15-16)14-23-17-8-4-2-5-9-17/h2-15,24H,1H3. The molecule has 0 fully saturated rings. The molecule has 4 aromatic rings. The van der Waals surface area contributed by atoms with Gasteiger partial charge in [0.15, 0.2) is 0 Å². The molecule has 2 aromatic carbocycles. The molecule has 0 aliphatic heterocycles. The van der Waals surface area contributed by atoms with E-state index in [-0.39, 0.29) is 5.56 Å². The van der Waals surface area contributed by atoms with E-state index < -0.39 is 0 Å². The highest BCUT2D eigenvalue weighted by Gasteiger charge is 2.12. The van der Waals surface area contributed by atoms with Gasteiger partial charge in [-0.25, -0.2) is 4.98 Å². The summed E-state index contributed by atoms with van der Waals surface area (Å²) in [5, 5.41) is 3.24. The Balaban J connectivity index is 1.87. The summed E-state index contributed by atoms with van der Waals surface area (Å²) in [6.07, 6.45) is 3.36. The molecule has 27 heavy (non-hydrogen) atoms. The number of aryl methyl sites for hydroxylation is 1. The lowest BCUT2D eigenvalue weighted by Gasteiger charge is -2.11. The zero-order chi connectivity index (χ0) is 18.6. The summed E-state index contributed by atoms with van der Waals surface area (Å²) in [5.74, 6) is 0.481. The van der Waals surface area contributed by atoms with Gasteiger partial charge in [0.1, 0.15) is 17.0 Å². The third-order valence-corrected chi connectivity index (χ3v) is 4.14. The second-order valence-electron chi connectivity index (χ2n) is 6.20. The van der Waals surface area contributed by atoms with Gasteiger partial charge in [-0.3, -0.25) is 14.2 Å². The molecule has 2 heterocycles. The van der Waals surface area contributed by atoms with E-state index in [4.69, 9.17) is 0 Å². The van der Waals surface area contributed by atoms with Gasteiger partial charge in [0, 0.05) is 18.1 Å². The number of benzene rings is 2. The molecule has 0 saturated heterocycles. The Morgan fingerprint density at radius 2 is 1.67 bits per heavy atom. The average Bonchev–Trinajstić information content (AvgIpc) is 2.70. The van der Waals surface area contributed by atoms with Crippen LogP contribution in [0.15, 0.2) is 88.8 Å². The zero-order valence-electron chi connectivity index (χ0n) is 14.8. The molecular formula is C22H18N4O. The van der Waals surface area contributed by atoms with Gasteiger partial charge < -0.3 is 5.32 Å². The number of rotatable bonds is 4. The molecule has 4 rings (SSSR count). The largest absolute Gasteiger partial charge is 0.339 e. The van der Waals surface area contributed by atoms with Gasteiger partial charge in [-0.05, 0) is 42.8 Å². The summed E-state index contributed by atoms with van der Waals surface area (Å²) in [7, 11) is 0. The molecule has 0 amide bonds. The highest BCUT2D eigenvalue weighted by Crippen LogP contribution is 2.18. The number of nitrogens with zero attached hydrogens (tertiary/aromatic N) is 3. The highest BCUT2D eigenvalue weighted by atomic mass is 16.1. The van der Waals surface area contributed by atoms with E-state index in [9.17, 15) is 4.79 Å². The summed E-state index contributed by atoms with van der Waals surface area (Å²) >= 11 is 0. The molecule has 0 unspecified atom stereocenters. The third-order valence-electron chi connectivity index (χ3n) is 4.14. The van der Waals surface area contributed by atoms with Crippen LogP contribution < -0.4 is 10.9 Å². The lowest BCUT2D eigenvalue weighted by Crippen LogP contribution is -2.21. The fraction of sp³-hybridized carbons (Fsp3) is 0.0455. The first-order valence-corrected chi connectivity index (χ1v) is 8.65. The van der Waals surface area contributed by atoms with Crippen molar-refractivity contribution in [3.63, 3.8) is 0 Å². The van der Waals surface area contributed by atoms with Crippen molar-refractivity contribution in [2.24, 2.45) is 4.99 Å². The smallest absolute Gasteiger partial charge is 0.268 e. The fourth-order valence-electron chi connectivity index (χ4n) is 2.78. The molecule has 0 atom stereocenters. The average molecular weight is 354 g/mol. The summed E-state index contributed by atoms with van der Waals surface area (Å²) < 4.78 is 1.55. The predicted molar refractivity (Wildman–Crippen MR) is 110 cm³/mol. The number of pyridine rings is 1. The van der Waals surface area contributed by atoms with Gasteiger partial charge in [0.25, 0.3) is 5.56 Å². The number of hydrogen-bond acceptors (Lipinski definition) is 4. The second kappa shape index (κ2) is 7.25. The summed E-state index contributed by atoms with van der Waals surface area (Å²) in [6.45, 7) is 1.94. The quantitative estimate of drug-likeness (QED) is 0.549. The van der Waals surface area contributed by atoms with Crippen LogP contribution in [-0.2, 0) is 0 Å². The zero-order valence-corrected chi connectivity index (χ0v) is 14.8. The molecule has 5 heteroatoms. The minimum Gasteiger partial charge on any atom is -0.339 e. The number of nitrogens with one attached hydrogen (secondary N) is 1. The molecule has 132 valence electrons. The Morgan fingerprint density at radius 3 is 2.41 bits per heavy atom. The first-order chi connectivity index (χ1) is 13.2. The Bertz CT molecular complexity index is 1170. The van der Waals surface area contributed by atoms with Gasteiger partial charge in [-0.2, -0.15) is 0 Å². The molecule has 0 bridgehead atoms. The molecule has 0 radical (unpaired) electrons. The lowest BCUT2D eigenvalue weighted by molar-refractivity contribution is 1.03. The van der Waals surface area contributed by atoms with Crippen LogP contribution in [0.4, 0.5) is 17.2 Å². The van der Waals surface area contributed by atoms with Crippen LogP contribution in [-0.4, -0.2) is 15.6 Å². The van der Waals surface area contributed by atoms with Crippen LogP contribution in [0.5, 0.6) is 0 Å². The van der Waals surface area contributed by atoms with Crippen LogP contribution >= 0.6 is 0 Å². The van der Waals surface area contributed by atoms with E-state index in [1.807, 2.05) is 79.7 Å². The minimum atomic E-state index is -0.165. The van der Waals surface area contributed by atoms with E-state index in [1.54, 1.807) is 16.8 Å². The van der Waals surface area contributed by atoms with Gasteiger partial charge in [0.05, 0.1) is 5.69 Å². The Morgan fingerprint density at radius 1 is 0.963 bits per heavy atom. The topological polar surface area (TPSA) is 58.8 Å². The van der Waals surface area contributed by atoms with Gasteiger partial charge in [0.2, 0.25) is 0 Å². The summed E-state index contributed by atoms with van der Waals surface area (Å²) in [4.78, 5) is 22.2. The van der Waals surface area contributed by atoms with Crippen molar-refractivity contribution in [3.8, 4) is 0 Å². The van der Waals surface area contributed by atoms with Crippen molar-refractivity contribution in [1.29, 1.82) is 0 Å². The monoisotopic (exact) mass is 354 g/mol. The molecule has 0 saturated carbocycles. The summed E-state index contributed by atoms with van der Waals surface area (Å²) in [6, 6.07) is 22.9. The maximum absolute atomic E-state index is 13.1. The number of para-hydroxylation sites is 2. The van der Waals surface area contributed by atoms with Crippen molar-refractivity contribution in [2.75, 3.05) is 5.32 Å². The third kappa shape index (κ3) is 3.62. The number of fused-ring (bicyclic) bond motifs is 1. The van der Waals surface area contributed by atoms with Gasteiger partial charge >= 0.3 is 0 Å². The minimum absolute atomic E-state index is 0.165. The molecule has 2 aromatic heterocycles. The number of anilines is 2. The van der Waals surface area contributed by atoms with Crippen molar-refractivity contribution < 1.29 is 0 Å². The van der Waals surface area contributed by atoms with Crippen molar-refractivity contribution in [3.05, 3.63) is 100 Å². The van der Waals surface area contributed by atoms with E-state index in [2.05, 4.69) is 15.3 Å². The second-order valence-corrected chi connectivity index (χ2v) is 6.20. The van der Waals surface area contributed by atoms with E-state index in [0.29, 0.717) is 17.0 Å². The van der Waals surface area contributed by atoms with E-state index >= 15 is 0 Å². The SMILES string of the molecule is Cc1ccc2nc(Nc3ccccc3)c(C=Nc3ccccc3)c(=O)n2c1. The molecule has 0 spiro atoms. The Hall–Kier alpha value is -3.73. The molecule has 1 N–H and O–H groups in total. The van der Waals surface area contributed by atoms with E-state index in [1.165, 1.54) is 0 Å². The van der Waals surface area contributed by atoms with Crippen LogP contribution in [0.1, 0.15) is 11.1 Å². The maximum Gasteiger partial charge on any atom is 0.268 e. The molecule has 0 aliphatic carbocycles. The fourth-order valence-corrected chi connectivity index (χ4v) is 2.78. The van der Waals surface area contributed by atoms with Crippen molar-refractivity contribution in [1.82, 2.24) is 9.38 Å². The number of aromatic nitrogens is 2. The van der Waals surface area contributed by atoms with Crippen LogP contribution in [0.25, 0.3) is 5.65 Å². The van der Waals surface area contributed by atoms with Crippen LogP contribution in [0.3, 0.4) is 0 Å². The number of hydrogen-bond donors (Lipinski definition) is 1. The molecule has 0 aliphatic rings. The Labute approximate surface area is 156 Å². The molecule has 5 nitrogen and oxygen atoms in total. The predicted octanol–water partition coefficient (Wildman–Crippen LogP) is 4.50. The van der Waals surface area contributed by atoms with Crippen molar-refractivity contribution in [2.45, 2.75) is 6.92 Å². The highest BCUT2D eigenvalue weighted by molar-refractivity contribution is 5.89. The van der Waals surface area contributed by atoms with Crippen LogP contribution in [0, 0.1) is 6.92 Å².